The number of nitrogens with two attached hydrogens (primary N) is 1. The Morgan fingerprint density at radius 3 is 2.35 bits per heavy atom. The molecule has 2 N–H and O–H groups in total. The van der Waals surface area contributed by atoms with Crippen molar-refractivity contribution in [2.24, 2.45) is 14.1 Å². The third-order valence-corrected chi connectivity index (χ3v) is 4.83. The average molecular weight is 322 g/mol. The molecule has 7 nitrogen and oxygen atoms in total. The Kier molecular flexibility index (Phi) is 5.41. The van der Waals surface area contributed by atoms with E-state index >= 15 is 0 Å². The zero-order valence-electron chi connectivity index (χ0n) is 14.2. The van der Waals surface area contributed by atoms with Crippen LogP contribution < -0.4 is 17.0 Å². The highest BCUT2D eigenvalue weighted by Crippen LogP contribution is 2.22. The van der Waals surface area contributed by atoms with Crippen LogP contribution in [0.3, 0.4) is 0 Å². The van der Waals surface area contributed by atoms with Crippen LogP contribution >= 0.6 is 0 Å². The summed E-state index contributed by atoms with van der Waals surface area (Å²) in [6, 6.07) is 0.385. The fraction of sp³-hybridized carbons (Fsp3) is 0.688. The normalized spacial score (nSPS) is 16.0. The third-order valence-electron chi connectivity index (χ3n) is 4.83. The average Bonchev–Trinajstić information content (AvgIpc) is 2.57. The molecule has 0 unspecified atom stereocenters. The second-order valence-electron chi connectivity index (χ2n) is 6.24. The number of hydrogen-bond acceptors (Lipinski definition) is 5. The standard InChI is InChI=1S/C16H26N4O3/c1-4-20(11-8-6-5-7-9-11)10-12(21)13-14(17)18(2)16(23)19(3)15(13)22/h11H,4-10,17H2,1-3H3. The summed E-state index contributed by atoms with van der Waals surface area (Å²) in [5, 5.41) is 0. The smallest absolute Gasteiger partial charge is 0.332 e. The van der Waals surface area contributed by atoms with E-state index in [-0.39, 0.29) is 23.7 Å². The topological polar surface area (TPSA) is 90.3 Å². The Morgan fingerprint density at radius 2 is 1.78 bits per heavy atom. The molecule has 0 aliphatic heterocycles. The van der Waals surface area contributed by atoms with Crippen molar-refractivity contribution in [2.75, 3.05) is 18.8 Å². The third kappa shape index (κ3) is 3.39. The summed E-state index contributed by atoms with van der Waals surface area (Å²) in [5.74, 6) is -0.367. The fourth-order valence-corrected chi connectivity index (χ4v) is 3.33. The van der Waals surface area contributed by atoms with Gasteiger partial charge in [-0.1, -0.05) is 26.2 Å². The summed E-state index contributed by atoms with van der Waals surface area (Å²) >= 11 is 0. The zero-order chi connectivity index (χ0) is 17.1. The van der Waals surface area contributed by atoms with Gasteiger partial charge in [0, 0.05) is 20.1 Å². The summed E-state index contributed by atoms with van der Waals surface area (Å²) < 4.78 is 2.08. The summed E-state index contributed by atoms with van der Waals surface area (Å²) in [4.78, 5) is 38.9. The van der Waals surface area contributed by atoms with Crippen molar-refractivity contribution < 1.29 is 4.79 Å². The number of likely N-dealkylation sites (N-methyl/N-ethyl adjacent to an activating group) is 1. The van der Waals surface area contributed by atoms with Gasteiger partial charge < -0.3 is 5.73 Å². The molecule has 1 fully saturated rings. The lowest BCUT2D eigenvalue weighted by molar-refractivity contribution is 0.0866. The van der Waals surface area contributed by atoms with Gasteiger partial charge in [0.1, 0.15) is 11.4 Å². The largest absolute Gasteiger partial charge is 0.384 e. The minimum atomic E-state index is -0.615. The minimum absolute atomic E-state index is 0.0530. The maximum atomic E-state index is 12.7. The van der Waals surface area contributed by atoms with Crippen LogP contribution in [-0.2, 0) is 14.1 Å². The number of ketones is 1. The van der Waals surface area contributed by atoms with Crippen LogP contribution in [0.15, 0.2) is 9.59 Å². The number of nitrogen functional groups attached to an aromatic ring is 1. The van der Waals surface area contributed by atoms with Gasteiger partial charge in [0.2, 0.25) is 0 Å². The number of Topliss-reactive ketones (excluding diaryl/α,β-unsaturated/α-hetero) is 1. The molecule has 1 heterocycles. The molecule has 23 heavy (non-hydrogen) atoms. The van der Waals surface area contributed by atoms with Crippen molar-refractivity contribution >= 4 is 11.6 Å². The highest BCUT2D eigenvalue weighted by molar-refractivity contribution is 6.01. The number of carbonyl (C=O) groups excluding carboxylic acids is 1. The molecule has 1 aliphatic rings. The SMILES string of the molecule is CCN(CC(=O)c1c(N)n(C)c(=O)n(C)c1=O)C1CCCCC1. The molecule has 1 aromatic rings. The van der Waals surface area contributed by atoms with E-state index in [1.165, 1.54) is 33.4 Å². The fourth-order valence-electron chi connectivity index (χ4n) is 3.33. The molecular weight excluding hydrogens is 296 g/mol. The minimum Gasteiger partial charge on any atom is -0.384 e. The molecule has 1 aliphatic carbocycles. The molecular formula is C16H26N4O3. The molecule has 128 valence electrons. The maximum absolute atomic E-state index is 12.7. The van der Waals surface area contributed by atoms with Gasteiger partial charge in [0.05, 0.1) is 6.54 Å². The molecule has 0 atom stereocenters. The van der Waals surface area contributed by atoms with Crippen LogP contribution in [0.5, 0.6) is 0 Å². The first-order valence-electron chi connectivity index (χ1n) is 8.21. The first-order valence-corrected chi connectivity index (χ1v) is 8.21. The van der Waals surface area contributed by atoms with Crippen molar-refractivity contribution in [3.05, 3.63) is 26.4 Å². The molecule has 2 rings (SSSR count). The molecule has 0 spiro atoms. The number of rotatable bonds is 5. The van der Waals surface area contributed by atoms with Crippen LogP contribution in [0.2, 0.25) is 0 Å². The molecule has 0 amide bonds. The Labute approximate surface area is 135 Å². The Balaban J connectivity index is 2.30. The van der Waals surface area contributed by atoms with Gasteiger partial charge in [0.25, 0.3) is 5.56 Å². The second kappa shape index (κ2) is 7.12. The van der Waals surface area contributed by atoms with Gasteiger partial charge in [-0.05, 0) is 19.4 Å². The van der Waals surface area contributed by atoms with E-state index in [0.29, 0.717) is 6.04 Å². The van der Waals surface area contributed by atoms with Gasteiger partial charge in [-0.15, -0.1) is 0 Å². The van der Waals surface area contributed by atoms with E-state index in [0.717, 1.165) is 28.5 Å². The summed E-state index contributed by atoms with van der Waals surface area (Å²) in [7, 11) is 2.83. The first-order chi connectivity index (χ1) is 10.9. The van der Waals surface area contributed by atoms with Gasteiger partial charge in [-0.3, -0.25) is 23.6 Å². The predicted molar refractivity (Wildman–Crippen MR) is 89.8 cm³/mol. The van der Waals surface area contributed by atoms with E-state index in [1.807, 2.05) is 6.92 Å². The number of carbonyl (C=O) groups is 1. The molecule has 0 radical (unpaired) electrons. The summed E-state index contributed by atoms with van der Waals surface area (Å²) in [6.07, 6.45) is 5.78. The van der Waals surface area contributed by atoms with Crippen LogP contribution in [0.25, 0.3) is 0 Å². The Bertz CT molecular complexity index is 699. The molecule has 0 aromatic carbocycles. The van der Waals surface area contributed by atoms with Crippen molar-refractivity contribution in [1.29, 1.82) is 0 Å². The molecule has 7 heteroatoms. The van der Waals surface area contributed by atoms with E-state index in [1.54, 1.807) is 0 Å². The molecule has 0 bridgehead atoms. The lowest BCUT2D eigenvalue weighted by Gasteiger charge is -2.33. The quantitative estimate of drug-likeness (QED) is 0.797. The first kappa shape index (κ1) is 17.5. The molecule has 1 aromatic heterocycles. The van der Waals surface area contributed by atoms with Gasteiger partial charge in [-0.25, -0.2) is 4.79 Å². The van der Waals surface area contributed by atoms with Crippen LogP contribution in [-0.4, -0.2) is 38.9 Å². The van der Waals surface area contributed by atoms with Crippen molar-refractivity contribution in [3.8, 4) is 0 Å². The van der Waals surface area contributed by atoms with E-state index in [2.05, 4.69) is 4.90 Å². The molecule has 0 saturated heterocycles. The summed E-state index contributed by atoms with van der Waals surface area (Å²) in [6.45, 7) is 2.94. The van der Waals surface area contributed by atoms with E-state index < -0.39 is 11.2 Å². The summed E-state index contributed by atoms with van der Waals surface area (Å²) in [5.41, 5.74) is 4.64. The molecule has 1 saturated carbocycles. The highest BCUT2D eigenvalue weighted by Gasteiger charge is 2.26. The van der Waals surface area contributed by atoms with Crippen LogP contribution in [0.1, 0.15) is 49.4 Å². The van der Waals surface area contributed by atoms with Gasteiger partial charge in [0.15, 0.2) is 5.78 Å². The van der Waals surface area contributed by atoms with Crippen molar-refractivity contribution in [3.63, 3.8) is 0 Å². The number of aromatic nitrogens is 2. The number of anilines is 1. The highest BCUT2D eigenvalue weighted by atomic mass is 16.2. The monoisotopic (exact) mass is 322 g/mol. The zero-order valence-corrected chi connectivity index (χ0v) is 14.2. The Morgan fingerprint density at radius 1 is 1.17 bits per heavy atom. The maximum Gasteiger partial charge on any atom is 0.332 e. The van der Waals surface area contributed by atoms with Crippen LogP contribution in [0, 0.1) is 0 Å². The number of hydrogen-bond donors (Lipinski definition) is 1. The lowest BCUT2D eigenvalue weighted by atomic mass is 9.94. The second-order valence-corrected chi connectivity index (χ2v) is 6.24. The van der Waals surface area contributed by atoms with Crippen LogP contribution in [0.4, 0.5) is 5.82 Å². The van der Waals surface area contributed by atoms with Gasteiger partial charge in [-0.2, -0.15) is 0 Å². The number of nitrogens with zero attached hydrogens (tertiary/aromatic N) is 3. The van der Waals surface area contributed by atoms with Crippen molar-refractivity contribution in [1.82, 2.24) is 14.0 Å². The predicted octanol–water partition coefficient (Wildman–Crippen LogP) is 0.504. The van der Waals surface area contributed by atoms with Crippen molar-refractivity contribution in [2.45, 2.75) is 45.1 Å². The van der Waals surface area contributed by atoms with Gasteiger partial charge >= 0.3 is 5.69 Å². The lowest BCUT2D eigenvalue weighted by Crippen LogP contribution is -2.45. The van der Waals surface area contributed by atoms with E-state index in [9.17, 15) is 14.4 Å². The Hall–Kier alpha value is -1.89. The van der Waals surface area contributed by atoms with E-state index in [4.69, 9.17) is 5.73 Å².